The van der Waals surface area contributed by atoms with E-state index in [0.29, 0.717) is 11.7 Å². The third-order valence-electron chi connectivity index (χ3n) is 3.30. The SMILES string of the molecule is CCn1cc(-c2noc([C@H]3CCCNC3)n2)cn1. The van der Waals surface area contributed by atoms with Gasteiger partial charge in [0, 0.05) is 19.3 Å². The first-order valence-electron chi connectivity index (χ1n) is 6.44. The second kappa shape index (κ2) is 4.89. The van der Waals surface area contributed by atoms with Gasteiger partial charge in [-0.25, -0.2) is 0 Å². The average molecular weight is 247 g/mol. The molecule has 2 aromatic heterocycles. The van der Waals surface area contributed by atoms with Crippen molar-refractivity contribution < 1.29 is 4.52 Å². The van der Waals surface area contributed by atoms with E-state index >= 15 is 0 Å². The lowest BCUT2D eigenvalue weighted by atomic mass is 10.00. The summed E-state index contributed by atoms with van der Waals surface area (Å²) in [7, 11) is 0. The lowest BCUT2D eigenvalue weighted by Gasteiger charge is -2.18. The van der Waals surface area contributed by atoms with Crippen LogP contribution in [-0.2, 0) is 6.54 Å². The van der Waals surface area contributed by atoms with Crippen LogP contribution in [0.25, 0.3) is 11.4 Å². The smallest absolute Gasteiger partial charge is 0.231 e. The Hall–Kier alpha value is -1.69. The van der Waals surface area contributed by atoms with Crippen molar-refractivity contribution in [3.63, 3.8) is 0 Å². The molecule has 2 aromatic rings. The van der Waals surface area contributed by atoms with E-state index in [1.807, 2.05) is 17.8 Å². The van der Waals surface area contributed by atoms with Crippen LogP contribution in [0.2, 0.25) is 0 Å². The van der Waals surface area contributed by atoms with Crippen molar-refractivity contribution in [3.05, 3.63) is 18.3 Å². The van der Waals surface area contributed by atoms with Gasteiger partial charge in [-0.2, -0.15) is 10.1 Å². The molecule has 3 heterocycles. The first-order valence-corrected chi connectivity index (χ1v) is 6.44. The molecule has 1 aliphatic heterocycles. The molecule has 3 rings (SSSR count). The van der Waals surface area contributed by atoms with Crippen LogP contribution in [0.5, 0.6) is 0 Å². The molecule has 0 amide bonds. The van der Waals surface area contributed by atoms with E-state index < -0.39 is 0 Å². The highest BCUT2D eigenvalue weighted by atomic mass is 16.5. The second-order valence-corrected chi connectivity index (χ2v) is 4.58. The third kappa shape index (κ3) is 2.15. The number of nitrogens with zero attached hydrogens (tertiary/aromatic N) is 4. The van der Waals surface area contributed by atoms with Gasteiger partial charge in [0.1, 0.15) is 0 Å². The van der Waals surface area contributed by atoms with Gasteiger partial charge in [0.05, 0.1) is 17.7 Å². The fourth-order valence-electron chi connectivity index (χ4n) is 2.23. The number of rotatable bonds is 3. The van der Waals surface area contributed by atoms with E-state index in [1.165, 1.54) is 0 Å². The minimum Gasteiger partial charge on any atom is -0.339 e. The zero-order chi connectivity index (χ0) is 12.4. The Balaban J connectivity index is 1.79. The molecule has 1 N–H and O–H groups in total. The molecule has 6 nitrogen and oxygen atoms in total. The van der Waals surface area contributed by atoms with Crippen molar-refractivity contribution in [2.24, 2.45) is 0 Å². The first-order chi connectivity index (χ1) is 8.86. The van der Waals surface area contributed by atoms with Gasteiger partial charge in [0.15, 0.2) is 0 Å². The lowest BCUT2D eigenvalue weighted by molar-refractivity contribution is 0.322. The van der Waals surface area contributed by atoms with E-state index in [1.54, 1.807) is 6.20 Å². The summed E-state index contributed by atoms with van der Waals surface area (Å²) in [4.78, 5) is 4.48. The highest BCUT2D eigenvalue weighted by molar-refractivity contribution is 5.51. The van der Waals surface area contributed by atoms with Crippen molar-refractivity contribution in [2.75, 3.05) is 13.1 Å². The summed E-state index contributed by atoms with van der Waals surface area (Å²) < 4.78 is 7.22. The number of nitrogens with one attached hydrogen (secondary N) is 1. The summed E-state index contributed by atoms with van der Waals surface area (Å²) >= 11 is 0. The molecule has 1 atom stereocenters. The van der Waals surface area contributed by atoms with Gasteiger partial charge < -0.3 is 9.84 Å². The monoisotopic (exact) mass is 247 g/mol. The zero-order valence-electron chi connectivity index (χ0n) is 10.5. The van der Waals surface area contributed by atoms with E-state index in [2.05, 4.69) is 20.6 Å². The number of hydrogen-bond acceptors (Lipinski definition) is 5. The highest BCUT2D eigenvalue weighted by Gasteiger charge is 2.21. The van der Waals surface area contributed by atoms with Crippen LogP contribution < -0.4 is 5.32 Å². The quantitative estimate of drug-likeness (QED) is 0.888. The van der Waals surface area contributed by atoms with E-state index in [9.17, 15) is 0 Å². The summed E-state index contributed by atoms with van der Waals surface area (Å²) in [5.41, 5.74) is 0.913. The largest absolute Gasteiger partial charge is 0.339 e. The predicted octanol–water partition coefficient (Wildman–Crippen LogP) is 1.42. The minimum absolute atomic E-state index is 0.348. The van der Waals surface area contributed by atoms with Crippen LogP contribution in [0.4, 0.5) is 0 Å². The van der Waals surface area contributed by atoms with E-state index in [0.717, 1.165) is 43.9 Å². The molecule has 1 aliphatic rings. The minimum atomic E-state index is 0.348. The molecule has 0 aromatic carbocycles. The molecule has 0 radical (unpaired) electrons. The average Bonchev–Trinajstić information content (AvgIpc) is 3.08. The molecular formula is C12H17N5O. The van der Waals surface area contributed by atoms with Gasteiger partial charge in [0.25, 0.3) is 0 Å². The molecule has 0 spiro atoms. The van der Waals surface area contributed by atoms with Crippen molar-refractivity contribution in [1.29, 1.82) is 0 Å². The Morgan fingerprint density at radius 3 is 3.22 bits per heavy atom. The van der Waals surface area contributed by atoms with Crippen LogP contribution in [0.15, 0.2) is 16.9 Å². The fraction of sp³-hybridized carbons (Fsp3) is 0.583. The number of piperidine rings is 1. The van der Waals surface area contributed by atoms with Crippen LogP contribution in [-0.4, -0.2) is 33.0 Å². The standard InChI is InChI=1S/C12H17N5O/c1-2-17-8-10(7-14-17)11-15-12(18-16-11)9-4-3-5-13-6-9/h7-9,13H,2-6H2,1H3/t9-/m0/s1. The summed E-state index contributed by atoms with van der Waals surface area (Å²) in [6.45, 7) is 4.90. The van der Waals surface area contributed by atoms with E-state index in [4.69, 9.17) is 4.52 Å². The Kier molecular flexibility index (Phi) is 3.10. The molecule has 96 valence electrons. The van der Waals surface area contributed by atoms with Crippen molar-refractivity contribution >= 4 is 0 Å². The van der Waals surface area contributed by atoms with E-state index in [-0.39, 0.29) is 0 Å². The topological polar surface area (TPSA) is 68.8 Å². The summed E-state index contributed by atoms with van der Waals surface area (Å²) in [5.74, 6) is 1.72. The van der Waals surface area contributed by atoms with Crippen LogP contribution in [0.1, 0.15) is 31.6 Å². The van der Waals surface area contributed by atoms with Gasteiger partial charge in [0.2, 0.25) is 11.7 Å². The summed E-state index contributed by atoms with van der Waals surface area (Å²) in [5, 5.41) is 11.6. The predicted molar refractivity (Wildman–Crippen MR) is 66.0 cm³/mol. The summed E-state index contributed by atoms with van der Waals surface area (Å²) in [6.07, 6.45) is 5.99. The van der Waals surface area contributed by atoms with Gasteiger partial charge in [-0.05, 0) is 26.3 Å². The molecule has 1 saturated heterocycles. The molecule has 0 bridgehead atoms. The normalized spacial score (nSPS) is 20.2. The molecule has 6 heteroatoms. The summed E-state index contributed by atoms with van der Waals surface area (Å²) in [6, 6.07) is 0. The van der Waals surface area contributed by atoms with Crippen molar-refractivity contribution in [2.45, 2.75) is 32.2 Å². The molecule has 0 saturated carbocycles. The van der Waals surface area contributed by atoms with Crippen LogP contribution in [0, 0.1) is 0 Å². The molecular weight excluding hydrogens is 230 g/mol. The van der Waals surface area contributed by atoms with Crippen molar-refractivity contribution in [3.8, 4) is 11.4 Å². The highest BCUT2D eigenvalue weighted by Crippen LogP contribution is 2.24. The third-order valence-corrected chi connectivity index (χ3v) is 3.30. The fourth-order valence-corrected chi connectivity index (χ4v) is 2.23. The van der Waals surface area contributed by atoms with Crippen LogP contribution in [0.3, 0.4) is 0 Å². The lowest BCUT2D eigenvalue weighted by Crippen LogP contribution is -2.28. The Labute approximate surface area is 105 Å². The first kappa shape index (κ1) is 11.4. The Morgan fingerprint density at radius 1 is 1.56 bits per heavy atom. The number of hydrogen-bond donors (Lipinski definition) is 1. The van der Waals surface area contributed by atoms with Gasteiger partial charge in [-0.1, -0.05) is 5.16 Å². The molecule has 18 heavy (non-hydrogen) atoms. The molecule has 0 unspecified atom stereocenters. The second-order valence-electron chi connectivity index (χ2n) is 4.58. The number of aryl methyl sites for hydroxylation is 1. The molecule has 1 fully saturated rings. The van der Waals surface area contributed by atoms with Crippen molar-refractivity contribution in [1.82, 2.24) is 25.2 Å². The van der Waals surface area contributed by atoms with Crippen LogP contribution >= 0.6 is 0 Å². The molecule has 0 aliphatic carbocycles. The Morgan fingerprint density at radius 2 is 2.50 bits per heavy atom. The zero-order valence-corrected chi connectivity index (χ0v) is 10.5. The Bertz CT molecular complexity index is 512. The maximum Gasteiger partial charge on any atom is 0.231 e. The van der Waals surface area contributed by atoms with Gasteiger partial charge >= 0.3 is 0 Å². The van der Waals surface area contributed by atoms with Gasteiger partial charge in [-0.3, -0.25) is 4.68 Å². The maximum absolute atomic E-state index is 5.36. The van der Waals surface area contributed by atoms with Gasteiger partial charge in [-0.15, -0.1) is 0 Å². The maximum atomic E-state index is 5.36. The number of aromatic nitrogens is 4.